The van der Waals surface area contributed by atoms with Gasteiger partial charge in [-0.1, -0.05) is 23.8 Å². The van der Waals surface area contributed by atoms with Crippen LogP contribution >= 0.6 is 46.4 Å². The fourth-order valence-electron chi connectivity index (χ4n) is 1.52. The Morgan fingerprint density at radius 1 is 1.17 bits per heavy atom. The van der Waals surface area contributed by atoms with E-state index < -0.39 is 0 Å². The summed E-state index contributed by atoms with van der Waals surface area (Å²) in [6.07, 6.45) is 0. The molecule has 3 N–H and O–H groups in total. The highest BCUT2D eigenvalue weighted by molar-refractivity contribution is 14.1. The van der Waals surface area contributed by atoms with E-state index >= 15 is 0 Å². The van der Waals surface area contributed by atoms with Crippen LogP contribution in [0.3, 0.4) is 0 Å². The molecule has 0 saturated carbocycles. The van der Waals surface area contributed by atoms with Gasteiger partial charge in [0.2, 0.25) is 0 Å². The van der Waals surface area contributed by atoms with Gasteiger partial charge in [0.05, 0.1) is 0 Å². The molecule has 2 aromatic carbocycles. The molecule has 0 saturated heterocycles. The van der Waals surface area contributed by atoms with Gasteiger partial charge in [-0.2, -0.15) is 0 Å². The minimum atomic E-state index is 0.325. The lowest BCUT2D eigenvalue weighted by atomic mass is 10.1. The van der Waals surface area contributed by atoms with Crippen LogP contribution in [0.1, 0.15) is 5.56 Å². The number of nitrogens with two attached hydrogens (primary N) is 1. The van der Waals surface area contributed by atoms with Gasteiger partial charge in [0.15, 0.2) is 0 Å². The van der Waals surface area contributed by atoms with Crippen LogP contribution in [0.2, 0.25) is 5.02 Å². The number of hydrogen-bond donors (Lipinski definition) is 2. The van der Waals surface area contributed by atoms with E-state index in [1.165, 1.54) is 3.57 Å². The Hall–Kier alpha value is -0.850. The molecule has 0 radical (unpaired) electrons. The molecule has 0 amide bonds. The molecule has 0 aliphatic carbocycles. The maximum Gasteiger partial charge on any atom is 0.106 e. The van der Waals surface area contributed by atoms with Crippen molar-refractivity contribution >= 4 is 62.8 Å². The Kier molecular flexibility index (Phi) is 4.42. The quantitative estimate of drug-likeness (QED) is 0.607. The van der Waals surface area contributed by atoms with Crippen molar-refractivity contribution in [3.05, 3.63) is 56.6 Å². The van der Waals surface area contributed by atoms with E-state index in [1.807, 2.05) is 30.3 Å². The number of nitrogens with one attached hydrogen (secondary N) is 1. The number of hydrogen-bond acceptors (Lipinski definition) is 2. The molecular formula is C13H10ClIN2S. The lowest BCUT2D eigenvalue weighted by Gasteiger charge is -2.11. The first-order chi connectivity index (χ1) is 8.56. The molecule has 0 bridgehead atoms. The van der Waals surface area contributed by atoms with Crippen LogP contribution < -0.4 is 11.1 Å². The SMILES string of the molecule is NC(=S)c1cc(Cl)ccc1Nc1ccc(I)cc1. The molecule has 18 heavy (non-hydrogen) atoms. The minimum absolute atomic E-state index is 0.325. The number of thiocarbonyl (C=S) groups is 1. The first kappa shape index (κ1) is 13.6. The van der Waals surface area contributed by atoms with E-state index in [-0.39, 0.29) is 0 Å². The second kappa shape index (κ2) is 5.86. The highest BCUT2D eigenvalue weighted by atomic mass is 127. The lowest BCUT2D eigenvalue weighted by molar-refractivity contribution is 1.51. The fraction of sp³-hybridized carbons (Fsp3) is 0. The Labute approximate surface area is 130 Å². The molecule has 0 unspecified atom stereocenters. The summed E-state index contributed by atoms with van der Waals surface area (Å²) in [4.78, 5) is 0.325. The largest absolute Gasteiger partial charge is 0.389 e. The van der Waals surface area contributed by atoms with E-state index in [0.29, 0.717) is 10.0 Å². The molecule has 0 aromatic heterocycles. The molecule has 0 atom stereocenters. The highest BCUT2D eigenvalue weighted by Gasteiger charge is 2.06. The van der Waals surface area contributed by atoms with Crippen molar-refractivity contribution < 1.29 is 0 Å². The zero-order chi connectivity index (χ0) is 13.1. The summed E-state index contributed by atoms with van der Waals surface area (Å²) in [5.41, 5.74) is 8.28. The van der Waals surface area contributed by atoms with E-state index in [9.17, 15) is 0 Å². The summed E-state index contributed by atoms with van der Waals surface area (Å²) >= 11 is 13.2. The van der Waals surface area contributed by atoms with Crippen LogP contribution in [-0.4, -0.2) is 4.99 Å². The van der Waals surface area contributed by atoms with Crippen molar-refractivity contribution in [2.75, 3.05) is 5.32 Å². The number of halogens is 2. The molecule has 2 nitrogen and oxygen atoms in total. The number of anilines is 2. The topological polar surface area (TPSA) is 38.0 Å². The summed E-state index contributed by atoms with van der Waals surface area (Å²) < 4.78 is 1.18. The van der Waals surface area contributed by atoms with Gasteiger partial charge in [0, 0.05) is 25.5 Å². The Morgan fingerprint density at radius 3 is 2.44 bits per heavy atom. The Bertz CT molecular complexity index is 584. The van der Waals surface area contributed by atoms with Crippen molar-refractivity contribution in [1.82, 2.24) is 0 Å². The second-order valence-electron chi connectivity index (χ2n) is 3.69. The maximum absolute atomic E-state index is 5.94. The molecule has 2 rings (SSSR count). The predicted octanol–water partition coefficient (Wildman–Crippen LogP) is 4.32. The summed E-state index contributed by atoms with van der Waals surface area (Å²) in [5, 5.41) is 3.90. The molecule has 92 valence electrons. The third-order valence-corrected chi connectivity index (χ3v) is 3.54. The van der Waals surface area contributed by atoms with Gasteiger partial charge in [-0.05, 0) is 65.1 Å². The highest BCUT2D eigenvalue weighted by Crippen LogP contribution is 2.24. The smallest absolute Gasteiger partial charge is 0.106 e. The van der Waals surface area contributed by atoms with Crippen LogP contribution in [0.4, 0.5) is 11.4 Å². The average Bonchev–Trinajstić information content (AvgIpc) is 2.34. The molecule has 0 heterocycles. The first-order valence-corrected chi connectivity index (χ1v) is 7.05. The summed E-state index contributed by atoms with van der Waals surface area (Å²) in [5.74, 6) is 0. The Balaban J connectivity index is 2.34. The molecule has 0 aliphatic heterocycles. The number of rotatable bonds is 3. The van der Waals surface area contributed by atoms with Crippen LogP contribution in [0.25, 0.3) is 0 Å². The van der Waals surface area contributed by atoms with Crippen LogP contribution in [-0.2, 0) is 0 Å². The van der Waals surface area contributed by atoms with Gasteiger partial charge in [-0.25, -0.2) is 0 Å². The zero-order valence-electron chi connectivity index (χ0n) is 9.28. The van der Waals surface area contributed by atoms with Gasteiger partial charge in [0.25, 0.3) is 0 Å². The van der Waals surface area contributed by atoms with E-state index in [0.717, 1.165) is 16.9 Å². The lowest BCUT2D eigenvalue weighted by Crippen LogP contribution is -2.11. The van der Waals surface area contributed by atoms with E-state index in [2.05, 4.69) is 27.9 Å². The monoisotopic (exact) mass is 388 g/mol. The zero-order valence-corrected chi connectivity index (χ0v) is 13.0. The minimum Gasteiger partial charge on any atom is -0.389 e. The van der Waals surface area contributed by atoms with Crippen molar-refractivity contribution in [2.45, 2.75) is 0 Å². The molecule has 0 fully saturated rings. The van der Waals surface area contributed by atoms with Crippen molar-refractivity contribution in [1.29, 1.82) is 0 Å². The van der Waals surface area contributed by atoms with Gasteiger partial charge < -0.3 is 11.1 Å². The van der Waals surface area contributed by atoms with Gasteiger partial charge in [0.1, 0.15) is 4.99 Å². The average molecular weight is 389 g/mol. The van der Waals surface area contributed by atoms with Gasteiger partial charge in [-0.3, -0.25) is 0 Å². The standard InChI is InChI=1S/C13H10ClIN2S/c14-8-1-6-12(11(7-8)13(16)18)17-10-4-2-9(15)3-5-10/h1-7,17H,(H2,16,18). The molecule has 2 aromatic rings. The molecule has 0 spiro atoms. The summed E-state index contributed by atoms with van der Waals surface area (Å²) in [6, 6.07) is 13.5. The van der Waals surface area contributed by atoms with Crippen LogP contribution in [0.5, 0.6) is 0 Å². The summed E-state index contributed by atoms with van der Waals surface area (Å²) in [7, 11) is 0. The molecule has 0 aliphatic rings. The van der Waals surface area contributed by atoms with E-state index in [1.54, 1.807) is 12.1 Å². The maximum atomic E-state index is 5.94. The van der Waals surface area contributed by atoms with Gasteiger partial charge in [-0.15, -0.1) is 0 Å². The fourth-order valence-corrected chi connectivity index (χ4v) is 2.22. The van der Waals surface area contributed by atoms with Gasteiger partial charge >= 0.3 is 0 Å². The molecular weight excluding hydrogens is 379 g/mol. The number of benzene rings is 2. The first-order valence-electron chi connectivity index (χ1n) is 5.18. The third-order valence-electron chi connectivity index (χ3n) is 2.37. The summed E-state index contributed by atoms with van der Waals surface area (Å²) in [6.45, 7) is 0. The van der Waals surface area contributed by atoms with Crippen molar-refractivity contribution in [2.24, 2.45) is 5.73 Å². The van der Waals surface area contributed by atoms with Crippen LogP contribution in [0.15, 0.2) is 42.5 Å². The second-order valence-corrected chi connectivity index (χ2v) is 5.81. The van der Waals surface area contributed by atoms with Crippen LogP contribution in [0, 0.1) is 3.57 Å². The van der Waals surface area contributed by atoms with Crippen molar-refractivity contribution in [3.8, 4) is 0 Å². The third kappa shape index (κ3) is 3.34. The predicted molar refractivity (Wildman–Crippen MR) is 89.8 cm³/mol. The normalized spacial score (nSPS) is 10.1. The molecule has 5 heteroatoms. The Morgan fingerprint density at radius 2 is 1.83 bits per heavy atom. The van der Waals surface area contributed by atoms with E-state index in [4.69, 9.17) is 29.6 Å². The van der Waals surface area contributed by atoms with Crippen molar-refractivity contribution in [3.63, 3.8) is 0 Å².